The summed E-state index contributed by atoms with van der Waals surface area (Å²) in [5, 5.41) is 5.22. The van der Waals surface area contributed by atoms with Crippen LogP contribution in [0.5, 0.6) is 0 Å². The first kappa shape index (κ1) is 32.6. The summed E-state index contributed by atoms with van der Waals surface area (Å²) < 4.78 is 24.5. The number of alkyl carbamates (subject to hydrolysis) is 1. The van der Waals surface area contributed by atoms with Gasteiger partial charge in [0.05, 0.1) is 36.3 Å². The Morgan fingerprint density at radius 1 is 1.14 bits per heavy atom. The largest absolute Gasteiger partial charge is 0.444 e. The summed E-state index contributed by atoms with van der Waals surface area (Å²) in [5.41, 5.74) is -1.35. The molecule has 0 saturated carbocycles. The third kappa shape index (κ3) is 9.32. The summed E-state index contributed by atoms with van der Waals surface area (Å²) in [4.78, 5) is 56.0. The summed E-state index contributed by atoms with van der Waals surface area (Å²) in [6.45, 7) is 14.2. The van der Waals surface area contributed by atoms with Gasteiger partial charge in [0.15, 0.2) is 5.65 Å². The number of nitrogens with zero attached hydrogens (tertiary/aromatic N) is 2. The van der Waals surface area contributed by atoms with E-state index in [4.69, 9.17) is 18.9 Å². The van der Waals surface area contributed by atoms with Crippen molar-refractivity contribution in [1.29, 1.82) is 0 Å². The molecule has 1 saturated heterocycles. The maximum Gasteiger partial charge on any atom is 0.414 e. The quantitative estimate of drug-likeness (QED) is 0.387. The molecule has 0 aromatic carbocycles. The Morgan fingerprint density at radius 3 is 2.43 bits per heavy atom. The minimum Gasteiger partial charge on any atom is -0.444 e. The predicted molar refractivity (Wildman–Crippen MR) is 155 cm³/mol. The number of nitrogens with one attached hydrogen (secondary N) is 3. The Bertz CT molecular complexity index is 1420. The number of amides is 2. The fourth-order valence-corrected chi connectivity index (χ4v) is 4.26. The van der Waals surface area contributed by atoms with Crippen molar-refractivity contribution in [2.45, 2.75) is 104 Å². The van der Waals surface area contributed by atoms with Crippen molar-refractivity contribution < 1.29 is 33.3 Å². The van der Waals surface area contributed by atoms with E-state index in [0.29, 0.717) is 24.8 Å². The van der Waals surface area contributed by atoms with Crippen molar-refractivity contribution in [1.82, 2.24) is 19.9 Å². The number of Topliss-reactive ketones (excluding diaryl/α,β-unsaturated/α-hetero) is 1. The van der Waals surface area contributed by atoms with Crippen LogP contribution in [0.4, 0.5) is 15.5 Å². The maximum absolute atomic E-state index is 13.2. The zero-order chi connectivity index (χ0) is 31.2. The number of fused-ring (bicyclic) bond motifs is 1. The van der Waals surface area contributed by atoms with Gasteiger partial charge >= 0.3 is 12.2 Å². The van der Waals surface area contributed by atoms with E-state index in [1.54, 1.807) is 52.3 Å². The number of carbonyl (C=O) groups excluding carboxylic acids is 3. The predicted octanol–water partition coefficient (Wildman–Crippen LogP) is 4.01. The second kappa shape index (κ2) is 13.4. The molecule has 0 bridgehead atoms. The van der Waals surface area contributed by atoms with Gasteiger partial charge in [-0.1, -0.05) is 18.8 Å². The Balaban J connectivity index is 1.95. The van der Waals surface area contributed by atoms with Crippen LogP contribution in [-0.4, -0.2) is 69.1 Å². The molecule has 1 fully saturated rings. The van der Waals surface area contributed by atoms with E-state index in [9.17, 15) is 19.2 Å². The highest BCUT2D eigenvalue weighted by atomic mass is 16.6. The van der Waals surface area contributed by atoms with Gasteiger partial charge in [0, 0.05) is 19.0 Å². The SMILES string of the molecule is CC[C@H]1O[C@@H](n2cc(C#CCNC(=O)OC(C)(C)C)c3c(=O)[nH]c(NC(=O)OC(C)(C)C)nc32)C[C@H]1OCCC(C)=O. The Morgan fingerprint density at radius 2 is 1.81 bits per heavy atom. The molecule has 1 aliphatic rings. The normalized spacial score (nSPS) is 18.7. The zero-order valence-corrected chi connectivity index (χ0v) is 25.5. The van der Waals surface area contributed by atoms with E-state index < -0.39 is 35.2 Å². The summed E-state index contributed by atoms with van der Waals surface area (Å²) in [5.74, 6) is 5.70. The van der Waals surface area contributed by atoms with Gasteiger partial charge in [0.25, 0.3) is 5.56 Å². The molecule has 0 spiro atoms. The van der Waals surface area contributed by atoms with Crippen LogP contribution in [0, 0.1) is 11.8 Å². The number of aromatic nitrogens is 3. The molecular formula is C29H41N5O8. The van der Waals surface area contributed by atoms with Crippen LogP contribution in [0.3, 0.4) is 0 Å². The Kier molecular flexibility index (Phi) is 10.4. The molecule has 0 unspecified atom stereocenters. The van der Waals surface area contributed by atoms with Crippen LogP contribution in [0.25, 0.3) is 11.0 Å². The number of anilines is 1. The number of carbonyl (C=O) groups is 3. The highest BCUT2D eigenvalue weighted by molar-refractivity contribution is 5.87. The van der Waals surface area contributed by atoms with Crippen LogP contribution < -0.4 is 16.2 Å². The number of aromatic amines is 1. The lowest BCUT2D eigenvalue weighted by Crippen LogP contribution is -2.32. The van der Waals surface area contributed by atoms with Crippen LogP contribution in [0.2, 0.25) is 0 Å². The van der Waals surface area contributed by atoms with Gasteiger partial charge < -0.3 is 28.8 Å². The summed E-state index contributed by atoms with van der Waals surface area (Å²) in [7, 11) is 0. The van der Waals surface area contributed by atoms with Crippen molar-refractivity contribution in [3.05, 3.63) is 22.1 Å². The number of ether oxygens (including phenoxy) is 4. The molecule has 0 aliphatic carbocycles. The Labute approximate surface area is 245 Å². The minimum atomic E-state index is -0.779. The lowest BCUT2D eigenvalue weighted by atomic mass is 10.1. The van der Waals surface area contributed by atoms with Crippen LogP contribution in [-0.2, 0) is 23.7 Å². The van der Waals surface area contributed by atoms with Crippen molar-refractivity contribution in [2.75, 3.05) is 18.5 Å². The standard InChI is InChI=1S/C29H41N5O8/c1-9-19-20(39-14-12-17(2)35)15-21(40-19)34-16-18(11-10-13-30-26(37)41-28(3,4)5)22-23(34)31-25(32-24(22)36)33-27(38)42-29(6,7)8/h16,19-21H,9,12-15H2,1-8H3,(H,30,37)(H2,31,32,33,36,38)/t19-,20-,21-/m1/s1. The molecule has 13 heteroatoms. The fraction of sp³-hybridized carbons (Fsp3) is 0.621. The van der Waals surface area contributed by atoms with E-state index >= 15 is 0 Å². The molecule has 3 rings (SSSR count). The summed E-state index contributed by atoms with van der Waals surface area (Å²) in [6, 6.07) is 0. The van der Waals surface area contributed by atoms with Gasteiger partial charge in [-0.05, 0) is 54.9 Å². The Hall–Kier alpha value is -3.89. The van der Waals surface area contributed by atoms with E-state index in [-0.39, 0.29) is 48.1 Å². The van der Waals surface area contributed by atoms with Crippen molar-refractivity contribution in [2.24, 2.45) is 0 Å². The third-order valence-electron chi connectivity index (χ3n) is 5.92. The van der Waals surface area contributed by atoms with Crippen LogP contribution >= 0.6 is 0 Å². The second-order valence-corrected chi connectivity index (χ2v) is 12.0. The third-order valence-corrected chi connectivity index (χ3v) is 5.92. The molecule has 1 aliphatic heterocycles. The minimum absolute atomic E-state index is 0.0187. The van der Waals surface area contributed by atoms with Gasteiger partial charge in [-0.15, -0.1) is 0 Å². The van der Waals surface area contributed by atoms with Crippen LogP contribution in [0.15, 0.2) is 11.0 Å². The van der Waals surface area contributed by atoms with E-state index in [2.05, 4.69) is 32.4 Å². The average molecular weight is 588 g/mol. The molecule has 2 aromatic rings. The number of H-pyrrole nitrogens is 1. The maximum atomic E-state index is 13.2. The smallest absolute Gasteiger partial charge is 0.414 e. The highest BCUT2D eigenvalue weighted by Gasteiger charge is 2.37. The lowest BCUT2D eigenvalue weighted by molar-refractivity contribution is -0.119. The van der Waals surface area contributed by atoms with Gasteiger partial charge in [0.2, 0.25) is 5.95 Å². The first-order valence-corrected chi connectivity index (χ1v) is 13.9. The molecule has 42 heavy (non-hydrogen) atoms. The number of hydrogen-bond acceptors (Lipinski definition) is 9. The molecule has 3 heterocycles. The van der Waals surface area contributed by atoms with E-state index in [1.165, 1.54) is 6.92 Å². The van der Waals surface area contributed by atoms with Crippen LogP contribution in [0.1, 0.15) is 86.4 Å². The molecule has 2 aromatic heterocycles. The molecular weight excluding hydrogens is 546 g/mol. The second-order valence-electron chi connectivity index (χ2n) is 12.0. The molecule has 3 N–H and O–H groups in total. The topological polar surface area (TPSA) is 163 Å². The van der Waals surface area contributed by atoms with Crippen molar-refractivity contribution in [3.63, 3.8) is 0 Å². The molecule has 0 radical (unpaired) electrons. The van der Waals surface area contributed by atoms with Gasteiger partial charge in [0.1, 0.15) is 23.2 Å². The first-order valence-electron chi connectivity index (χ1n) is 13.9. The first-order chi connectivity index (χ1) is 19.6. The summed E-state index contributed by atoms with van der Waals surface area (Å²) in [6.07, 6.45) is 0.603. The molecule has 3 atom stereocenters. The van der Waals surface area contributed by atoms with Gasteiger partial charge in [-0.3, -0.25) is 19.9 Å². The number of ketones is 1. The van der Waals surface area contributed by atoms with Crippen molar-refractivity contribution in [3.8, 4) is 11.8 Å². The zero-order valence-electron chi connectivity index (χ0n) is 25.5. The number of rotatable bonds is 8. The fourth-order valence-electron chi connectivity index (χ4n) is 4.26. The molecule has 13 nitrogen and oxygen atoms in total. The number of hydrogen-bond donors (Lipinski definition) is 3. The van der Waals surface area contributed by atoms with E-state index in [0.717, 1.165) is 0 Å². The molecule has 2 amide bonds. The van der Waals surface area contributed by atoms with Crippen molar-refractivity contribution >= 4 is 35.0 Å². The monoisotopic (exact) mass is 587 g/mol. The average Bonchev–Trinajstić information content (AvgIpc) is 3.40. The van der Waals surface area contributed by atoms with E-state index in [1.807, 2.05) is 6.92 Å². The van der Waals surface area contributed by atoms with Gasteiger partial charge in [-0.25, -0.2) is 9.59 Å². The summed E-state index contributed by atoms with van der Waals surface area (Å²) >= 11 is 0. The highest BCUT2D eigenvalue weighted by Crippen LogP contribution is 2.35. The lowest BCUT2D eigenvalue weighted by Gasteiger charge is -2.19. The van der Waals surface area contributed by atoms with Gasteiger partial charge in [-0.2, -0.15) is 4.98 Å². The molecule has 230 valence electrons.